The summed E-state index contributed by atoms with van der Waals surface area (Å²) >= 11 is 5.61. The monoisotopic (exact) mass is 466 g/mol. The van der Waals surface area contributed by atoms with Gasteiger partial charge in [0, 0.05) is 36.9 Å². The van der Waals surface area contributed by atoms with Gasteiger partial charge in [-0.15, -0.1) is 0 Å². The van der Waals surface area contributed by atoms with Gasteiger partial charge in [0.15, 0.2) is 5.11 Å². The van der Waals surface area contributed by atoms with Gasteiger partial charge in [-0.2, -0.15) is 0 Å². The maximum Gasteiger partial charge on any atom is 0.305 e. The van der Waals surface area contributed by atoms with E-state index >= 15 is 0 Å². The molecule has 0 radical (unpaired) electrons. The minimum atomic E-state index is -0.438. The molecule has 0 spiro atoms. The van der Waals surface area contributed by atoms with Crippen LogP contribution in [0.2, 0.25) is 0 Å². The minimum Gasteiger partial charge on any atom is -0.469 e. The first-order chi connectivity index (χ1) is 16.0. The molecular formula is C23H22N4O5S. The van der Waals surface area contributed by atoms with Crippen LogP contribution in [-0.4, -0.2) is 39.5 Å². The highest BCUT2D eigenvalue weighted by Crippen LogP contribution is 2.40. The van der Waals surface area contributed by atoms with Gasteiger partial charge in [-0.1, -0.05) is 6.07 Å². The van der Waals surface area contributed by atoms with Crippen molar-refractivity contribution in [2.24, 2.45) is 0 Å². The van der Waals surface area contributed by atoms with E-state index in [-0.39, 0.29) is 30.2 Å². The number of esters is 1. The fraction of sp³-hybridized carbons (Fsp3) is 0.261. The fourth-order valence-corrected chi connectivity index (χ4v) is 4.20. The number of hydrogen-bond donors (Lipinski definition) is 1. The summed E-state index contributed by atoms with van der Waals surface area (Å²) in [5, 5.41) is 14.8. The quantitative estimate of drug-likeness (QED) is 0.226. The van der Waals surface area contributed by atoms with E-state index in [0.29, 0.717) is 29.6 Å². The summed E-state index contributed by atoms with van der Waals surface area (Å²) in [5.74, 6) is 0.987. The zero-order valence-electron chi connectivity index (χ0n) is 17.8. The van der Waals surface area contributed by atoms with Crippen molar-refractivity contribution in [2.75, 3.05) is 13.7 Å². The molecule has 2 unspecified atom stereocenters. The first kappa shape index (κ1) is 22.4. The van der Waals surface area contributed by atoms with Crippen LogP contribution in [0.15, 0.2) is 65.2 Å². The van der Waals surface area contributed by atoms with Crippen LogP contribution in [0.4, 0.5) is 5.69 Å². The minimum absolute atomic E-state index is 0.0165. The Morgan fingerprint density at radius 2 is 2.03 bits per heavy atom. The number of pyridine rings is 1. The molecule has 3 aromatic rings. The first-order valence-corrected chi connectivity index (χ1v) is 10.8. The van der Waals surface area contributed by atoms with Gasteiger partial charge in [0.2, 0.25) is 0 Å². The molecule has 1 aliphatic heterocycles. The Kier molecular flexibility index (Phi) is 6.64. The predicted molar refractivity (Wildman–Crippen MR) is 124 cm³/mol. The highest BCUT2D eigenvalue weighted by Gasteiger charge is 2.41. The summed E-state index contributed by atoms with van der Waals surface area (Å²) in [6.07, 6.45) is 2.57. The molecule has 2 atom stereocenters. The molecule has 3 heterocycles. The van der Waals surface area contributed by atoms with Gasteiger partial charge in [0.05, 0.1) is 23.8 Å². The van der Waals surface area contributed by atoms with Crippen LogP contribution in [-0.2, 0) is 9.53 Å². The average molecular weight is 467 g/mol. The smallest absolute Gasteiger partial charge is 0.305 e. The van der Waals surface area contributed by atoms with Crippen molar-refractivity contribution in [1.29, 1.82) is 0 Å². The third-order valence-electron chi connectivity index (χ3n) is 5.49. The van der Waals surface area contributed by atoms with Crippen molar-refractivity contribution in [1.82, 2.24) is 15.2 Å². The van der Waals surface area contributed by atoms with Crippen LogP contribution in [0.25, 0.3) is 11.3 Å². The highest BCUT2D eigenvalue weighted by atomic mass is 32.1. The van der Waals surface area contributed by atoms with Gasteiger partial charge in [-0.25, -0.2) is 0 Å². The Hall–Kier alpha value is -3.79. The van der Waals surface area contributed by atoms with Crippen molar-refractivity contribution in [3.8, 4) is 11.3 Å². The summed E-state index contributed by atoms with van der Waals surface area (Å²) in [6.45, 7) is 0.530. The van der Waals surface area contributed by atoms with Gasteiger partial charge in [0.25, 0.3) is 5.69 Å². The molecule has 2 aromatic heterocycles. The van der Waals surface area contributed by atoms with Gasteiger partial charge < -0.3 is 19.4 Å². The Balaban J connectivity index is 1.63. The number of furan rings is 1. The molecule has 0 saturated carbocycles. The topological polar surface area (TPSA) is 111 Å². The van der Waals surface area contributed by atoms with E-state index in [1.54, 1.807) is 18.3 Å². The van der Waals surface area contributed by atoms with Gasteiger partial charge in [0.1, 0.15) is 17.6 Å². The van der Waals surface area contributed by atoms with Crippen LogP contribution in [0.1, 0.15) is 36.4 Å². The average Bonchev–Trinajstić information content (AvgIpc) is 3.44. The molecule has 1 N–H and O–H groups in total. The van der Waals surface area contributed by atoms with E-state index in [1.807, 2.05) is 35.2 Å². The summed E-state index contributed by atoms with van der Waals surface area (Å²) in [7, 11) is 1.37. The molecule has 1 fully saturated rings. The van der Waals surface area contributed by atoms with Crippen molar-refractivity contribution in [2.45, 2.75) is 24.9 Å². The Morgan fingerprint density at radius 1 is 1.24 bits per heavy atom. The van der Waals surface area contributed by atoms with E-state index in [0.717, 1.165) is 11.3 Å². The number of thiocarbonyl (C=S) groups is 1. The summed E-state index contributed by atoms with van der Waals surface area (Å²) in [6, 6.07) is 15.1. The number of rotatable bonds is 8. The highest BCUT2D eigenvalue weighted by molar-refractivity contribution is 7.80. The number of nitrogens with zero attached hydrogens (tertiary/aromatic N) is 3. The molecule has 1 aliphatic rings. The Morgan fingerprint density at radius 3 is 2.70 bits per heavy atom. The van der Waals surface area contributed by atoms with Crippen molar-refractivity contribution in [3.05, 3.63) is 82.4 Å². The largest absolute Gasteiger partial charge is 0.469 e. The van der Waals surface area contributed by atoms with Gasteiger partial charge >= 0.3 is 5.97 Å². The SMILES string of the molecule is COC(=O)CCCN1C(=S)NC(c2ccccn2)C1c1ccc(-c2ccc([N+](=O)[O-])cc2)o1. The number of methoxy groups -OCH3 is 1. The van der Waals surface area contributed by atoms with E-state index < -0.39 is 4.92 Å². The maximum atomic E-state index is 11.6. The van der Waals surface area contributed by atoms with Crippen molar-refractivity contribution in [3.63, 3.8) is 0 Å². The number of hydrogen-bond acceptors (Lipinski definition) is 7. The standard InChI is InChI=1S/C23H22N4O5S/c1-31-20(28)6-4-14-26-22(21(25-23(26)33)17-5-2-3-13-24-17)19-12-11-18(32-19)15-7-9-16(10-8-15)27(29)30/h2-3,5,7-13,21-22H,4,6,14H2,1H3,(H,25,33). The summed E-state index contributed by atoms with van der Waals surface area (Å²) in [5.41, 5.74) is 1.56. The van der Waals surface area contributed by atoms with E-state index in [9.17, 15) is 14.9 Å². The number of non-ortho nitro benzene ring substituents is 1. The zero-order valence-corrected chi connectivity index (χ0v) is 18.7. The summed E-state index contributed by atoms with van der Waals surface area (Å²) < 4.78 is 10.9. The number of carbonyl (C=O) groups excluding carboxylic acids is 1. The molecule has 0 amide bonds. The lowest BCUT2D eigenvalue weighted by molar-refractivity contribution is -0.384. The fourth-order valence-electron chi connectivity index (χ4n) is 3.87. The molecule has 1 aromatic carbocycles. The van der Waals surface area contributed by atoms with E-state index in [1.165, 1.54) is 19.2 Å². The zero-order chi connectivity index (χ0) is 23.4. The molecule has 33 heavy (non-hydrogen) atoms. The van der Waals surface area contributed by atoms with Crippen LogP contribution in [0.3, 0.4) is 0 Å². The summed E-state index contributed by atoms with van der Waals surface area (Å²) in [4.78, 5) is 28.6. The predicted octanol–water partition coefficient (Wildman–Crippen LogP) is 4.18. The van der Waals surface area contributed by atoms with E-state index in [4.69, 9.17) is 21.4 Å². The number of nitrogens with one attached hydrogen (secondary N) is 1. The number of benzene rings is 1. The van der Waals surface area contributed by atoms with Crippen LogP contribution < -0.4 is 5.32 Å². The third kappa shape index (κ3) is 4.85. The lowest BCUT2D eigenvalue weighted by Gasteiger charge is -2.25. The second-order valence-electron chi connectivity index (χ2n) is 7.51. The number of ether oxygens (including phenoxy) is 1. The second kappa shape index (κ2) is 9.78. The molecule has 9 nitrogen and oxygen atoms in total. The van der Waals surface area contributed by atoms with Gasteiger partial charge in [-0.3, -0.25) is 19.9 Å². The van der Waals surface area contributed by atoms with Crippen LogP contribution in [0, 0.1) is 10.1 Å². The number of nitro benzene ring substituents is 1. The number of carbonyl (C=O) groups is 1. The number of aromatic nitrogens is 1. The van der Waals surface area contributed by atoms with E-state index in [2.05, 4.69) is 10.3 Å². The molecule has 4 rings (SSSR count). The lowest BCUT2D eigenvalue weighted by atomic mass is 10.0. The molecule has 0 aliphatic carbocycles. The van der Waals surface area contributed by atoms with Crippen LogP contribution in [0.5, 0.6) is 0 Å². The second-order valence-corrected chi connectivity index (χ2v) is 7.89. The molecular weight excluding hydrogens is 444 g/mol. The molecule has 1 saturated heterocycles. The van der Waals surface area contributed by atoms with Crippen LogP contribution >= 0.6 is 12.2 Å². The normalized spacial score (nSPS) is 17.6. The maximum absolute atomic E-state index is 11.6. The molecule has 0 bridgehead atoms. The Labute approximate surface area is 195 Å². The molecule has 10 heteroatoms. The Bertz CT molecular complexity index is 1150. The lowest BCUT2D eigenvalue weighted by Crippen LogP contribution is -2.30. The van der Waals surface area contributed by atoms with Crippen molar-refractivity contribution < 1.29 is 18.9 Å². The third-order valence-corrected chi connectivity index (χ3v) is 5.84. The number of nitro groups is 1. The molecule has 170 valence electrons. The van der Waals surface area contributed by atoms with Gasteiger partial charge in [-0.05, 0) is 55.0 Å². The first-order valence-electron chi connectivity index (χ1n) is 10.4. The van der Waals surface area contributed by atoms with Crippen molar-refractivity contribution >= 4 is 29.0 Å².